The van der Waals surface area contributed by atoms with Crippen LogP contribution >= 0.6 is 11.3 Å². The predicted octanol–water partition coefficient (Wildman–Crippen LogP) is 7.77. The van der Waals surface area contributed by atoms with Crippen LogP contribution < -0.4 is 9.64 Å². The summed E-state index contributed by atoms with van der Waals surface area (Å²) in [6.45, 7) is 3.37. The summed E-state index contributed by atoms with van der Waals surface area (Å²) < 4.78 is 11.4. The lowest BCUT2D eigenvalue weighted by molar-refractivity contribution is -0.112. The van der Waals surface area contributed by atoms with E-state index in [2.05, 4.69) is 15.1 Å². The quantitative estimate of drug-likeness (QED) is 0.170. The first-order valence-corrected chi connectivity index (χ1v) is 15.1. The summed E-state index contributed by atoms with van der Waals surface area (Å²) in [5.74, 6) is 1.33. The van der Waals surface area contributed by atoms with Crippen molar-refractivity contribution in [1.29, 1.82) is 0 Å². The van der Waals surface area contributed by atoms with Crippen LogP contribution in [0.2, 0.25) is 0 Å². The van der Waals surface area contributed by atoms with Crippen molar-refractivity contribution in [3.63, 3.8) is 0 Å². The van der Waals surface area contributed by atoms with E-state index in [0.29, 0.717) is 52.9 Å². The topological polar surface area (TPSA) is 92.0 Å². The molecular weight excluding hydrogens is 572 g/mol. The molecule has 5 aromatic rings. The number of hydrogen-bond acceptors (Lipinski definition) is 9. The van der Waals surface area contributed by atoms with E-state index >= 15 is 0 Å². The summed E-state index contributed by atoms with van der Waals surface area (Å²) in [6.07, 6.45) is 0. The fourth-order valence-corrected chi connectivity index (χ4v) is 5.85. The Kier molecular flexibility index (Phi) is 8.01. The smallest absolute Gasteiger partial charge is 0.278 e. The van der Waals surface area contributed by atoms with Crippen molar-refractivity contribution < 1.29 is 14.3 Å². The van der Waals surface area contributed by atoms with E-state index in [0.717, 1.165) is 35.7 Å². The number of thiazole rings is 1. The Labute approximate surface area is 258 Å². The molecule has 10 heteroatoms. The first kappa shape index (κ1) is 27.8. The van der Waals surface area contributed by atoms with Crippen LogP contribution in [-0.4, -0.2) is 54.5 Å². The largest absolute Gasteiger partial charge is 0.457 e. The highest BCUT2D eigenvalue weighted by Crippen LogP contribution is 2.41. The predicted molar refractivity (Wildman–Crippen MR) is 172 cm³/mol. The molecule has 0 aliphatic carbocycles. The molecule has 2 aliphatic rings. The maximum absolute atomic E-state index is 13.7. The Morgan fingerprint density at radius 3 is 2.25 bits per heavy atom. The number of azo groups is 1. The van der Waals surface area contributed by atoms with Gasteiger partial charge in [0.2, 0.25) is 5.13 Å². The highest BCUT2D eigenvalue weighted by molar-refractivity contribution is 7.19. The van der Waals surface area contributed by atoms with Gasteiger partial charge in [0.25, 0.3) is 5.91 Å². The van der Waals surface area contributed by atoms with Crippen LogP contribution in [0.25, 0.3) is 11.3 Å². The maximum atomic E-state index is 13.7. The molecule has 9 nitrogen and oxygen atoms in total. The van der Waals surface area contributed by atoms with Crippen molar-refractivity contribution in [3.8, 4) is 22.8 Å². The number of morpholine rings is 1. The van der Waals surface area contributed by atoms with Gasteiger partial charge in [-0.2, -0.15) is 0 Å². The van der Waals surface area contributed by atoms with Crippen LogP contribution in [-0.2, 0) is 9.53 Å². The average molecular weight is 601 g/mol. The molecule has 7 rings (SSSR count). The number of aliphatic imine (C=N–C) groups is 1. The molecule has 0 unspecified atom stereocenters. The number of para-hydroxylation sites is 2. The zero-order valence-electron chi connectivity index (χ0n) is 23.7. The Bertz CT molecular complexity index is 1820. The number of fused-ring (bicyclic) bond motifs is 1. The summed E-state index contributed by atoms with van der Waals surface area (Å²) in [5.41, 5.74) is 4.24. The van der Waals surface area contributed by atoms with Crippen molar-refractivity contribution in [2.75, 3.05) is 37.9 Å². The molecular formula is C34H28N6O3S. The molecule has 0 atom stereocenters. The zero-order valence-corrected chi connectivity index (χ0v) is 24.6. The number of carbonyl (C=O) groups is 1. The van der Waals surface area contributed by atoms with Crippen molar-refractivity contribution in [1.82, 2.24) is 9.88 Å². The minimum absolute atomic E-state index is 0.143. The molecule has 1 fully saturated rings. The van der Waals surface area contributed by atoms with Gasteiger partial charge in [-0.05, 0) is 42.5 Å². The van der Waals surface area contributed by atoms with Gasteiger partial charge in [-0.3, -0.25) is 14.6 Å². The van der Waals surface area contributed by atoms with E-state index in [4.69, 9.17) is 19.5 Å². The number of ether oxygens (including phenoxy) is 2. The lowest BCUT2D eigenvalue weighted by Crippen LogP contribution is -2.45. The molecule has 0 bridgehead atoms. The molecule has 44 heavy (non-hydrogen) atoms. The summed E-state index contributed by atoms with van der Waals surface area (Å²) in [5, 5.41) is 10.1. The number of amides is 1. The standard InChI is InChI=1S/C34H28N6O3S/c41-33-31(28-13-7-8-14-29(28)40(33)23-39-19-21-42-22-20-39)36-34-35-30(24-9-3-1-4-10-24)32(44-34)38-37-25-15-17-27(18-16-25)43-26-11-5-2-6-12-26/h1-18H,19-23H2/b36-31+,38-37?. The Morgan fingerprint density at radius 1 is 0.795 bits per heavy atom. The number of anilines is 1. The fraction of sp³-hybridized carbons (Fsp3) is 0.147. The first-order valence-electron chi connectivity index (χ1n) is 14.3. The molecule has 1 saturated heterocycles. The molecule has 2 aliphatic heterocycles. The van der Waals surface area contributed by atoms with Gasteiger partial charge in [0.05, 0.1) is 31.3 Å². The van der Waals surface area contributed by atoms with Crippen LogP contribution in [0.1, 0.15) is 5.56 Å². The van der Waals surface area contributed by atoms with Gasteiger partial charge in [0.15, 0.2) is 5.00 Å². The van der Waals surface area contributed by atoms with Crippen molar-refractivity contribution in [2.45, 2.75) is 0 Å². The van der Waals surface area contributed by atoms with Crippen molar-refractivity contribution >= 4 is 44.5 Å². The molecule has 0 saturated carbocycles. The van der Waals surface area contributed by atoms with Crippen LogP contribution in [0.15, 0.2) is 124 Å². The van der Waals surface area contributed by atoms with E-state index < -0.39 is 0 Å². The molecule has 4 aromatic carbocycles. The van der Waals surface area contributed by atoms with Crippen molar-refractivity contribution in [2.24, 2.45) is 15.2 Å². The summed E-state index contributed by atoms with van der Waals surface area (Å²) >= 11 is 1.30. The molecule has 0 spiro atoms. The Hall–Kier alpha value is -5.03. The maximum Gasteiger partial charge on any atom is 0.278 e. The Balaban J connectivity index is 1.18. The van der Waals surface area contributed by atoms with Gasteiger partial charge >= 0.3 is 0 Å². The highest BCUT2D eigenvalue weighted by atomic mass is 32.1. The van der Waals surface area contributed by atoms with Crippen LogP contribution in [0.4, 0.5) is 21.5 Å². The molecule has 218 valence electrons. The number of benzene rings is 4. The SMILES string of the molecule is O=C1/C(=N/c2nc(-c3ccccc3)c(N=Nc3ccc(Oc4ccccc4)cc3)s2)c2ccccc2N1CN1CCOCC1. The van der Waals surface area contributed by atoms with Gasteiger partial charge in [-0.15, -0.1) is 10.2 Å². The molecule has 1 amide bonds. The summed E-state index contributed by atoms with van der Waals surface area (Å²) in [7, 11) is 0. The fourth-order valence-electron chi connectivity index (χ4n) is 5.06. The van der Waals surface area contributed by atoms with Gasteiger partial charge in [-0.1, -0.05) is 78.1 Å². The van der Waals surface area contributed by atoms with Gasteiger partial charge in [0, 0.05) is 24.2 Å². The van der Waals surface area contributed by atoms with E-state index in [-0.39, 0.29) is 5.91 Å². The van der Waals surface area contributed by atoms with E-state index in [1.165, 1.54) is 11.3 Å². The Morgan fingerprint density at radius 2 is 1.48 bits per heavy atom. The second-order valence-electron chi connectivity index (χ2n) is 10.2. The van der Waals surface area contributed by atoms with E-state index in [9.17, 15) is 4.79 Å². The average Bonchev–Trinajstić information content (AvgIpc) is 3.60. The van der Waals surface area contributed by atoms with Crippen LogP contribution in [0.5, 0.6) is 11.5 Å². The molecule has 1 aromatic heterocycles. The summed E-state index contributed by atoms with van der Waals surface area (Å²) in [4.78, 5) is 27.4. The van der Waals surface area contributed by atoms with Crippen LogP contribution in [0, 0.1) is 0 Å². The monoisotopic (exact) mass is 600 g/mol. The first-order chi connectivity index (χ1) is 21.7. The van der Waals surface area contributed by atoms with Gasteiger partial charge < -0.3 is 9.47 Å². The highest BCUT2D eigenvalue weighted by Gasteiger charge is 2.35. The number of hydrogen-bond donors (Lipinski definition) is 0. The molecule has 0 N–H and O–H groups in total. The molecule has 0 radical (unpaired) electrons. The minimum atomic E-state index is -0.143. The van der Waals surface area contributed by atoms with Gasteiger partial charge in [0.1, 0.15) is 22.9 Å². The second-order valence-corrected chi connectivity index (χ2v) is 11.2. The molecule has 3 heterocycles. The van der Waals surface area contributed by atoms with Crippen LogP contribution in [0.3, 0.4) is 0 Å². The lowest BCUT2D eigenvalue weighted by atomic mass is 10.1. The number of aromatic nitrogens is 1. The van der Waals surface area contributed by atoms with E-state index in [1.54, 1.807) is 4.90 Å². The summed E-state index contributed by atoms with van der Waals surface area (Å²) in [6, 6.07) is 34.6. The number of nitrogens with zero attached hydrogens (tertiary/aromatic N) is 6. The number of rotatable bonds is 8. The third-order valence-corrected chi connectivity index (χ3v) is 8.10. The lowest BCUT2D eigenvalue weighted by Gasteiger charge is -2.30. The van der Waals surface area contributed by atoms with Crippen molar-refractivity contribution in [3.05, 3.63) is 115 Å². The third kappa shape index (κ3) is 6.04. The zero-order chi connectivity index (χ0) is 29.7. The normalized spacial score (nSPS) is 16.1. The third-order valence-electron chi connectivity index (χ3n) is 7.27. The minimum Gasteiger partial charge on any atom is -0.457 e. The number of carbonyl (C=O) groups excluding carboxylic acids is 1. The van der Waals surface area contributed by atoms with Gasteiger partial charge in [-0.25, -0.2) is 9.98 Å². The second kappa shape index (κ2) is 12.7. The van der Waals surface area contributed by atoms with E-state index in [1.807, 2.05) is 109 Å².